The predicted octanol–water partition coefficient (Wildman–Crippen LogP) is 1.60. The van der Waals surface area contributed by atoms with E-state index < -0.39 is 10.0 Å². The first-order valence-corrected chi connectivity index (χ1v) is 8.71. The van der Waals surface area contributed by atoms with E-state index in [0.717, 1.165) is 24.0 Å². The van der Waals surface area contributed by atoms with Gasteiger partial charge in [-0.25, -0.2) is 8.42 Å². The van der Waals surface area contributed by atoms with E-state index in [2.05, 4.69) is 4.90 Å². The number of hydrogen-bond donors (Lipinski definition) is 1. The van der Waals surface area contributed by atoms with Crippen molar-refractivity contribution in [3.63, 3.8) is 0 Å². The molecule has 0 bridgehead atoms. The number of nitrogen functional groups attached to an aromatic ring is 1. The highest BCUT2D eigenvalue weighted by molar-refractivity contribution is 7.89. The predicted molar refractivity (Wildman–Crippen MR) is 85.8 cm³/mol. The number of nitrogens with two attached hydrogens (primary N) is 1. The second-order valence-electron chi connectivity index (χ2n) is 6.10. The lowest BCUT2D eigenvalue weighted by Gasteiger charge is -2.35. The molecule has 1 atom stereocenters. The number of hydrogen-bond acceptors (Lipinski definition) is 4. The smallest absolute Gasteiger partial charge is 0.245 e. The number of piperidine rings is 1. The minimum absolute atomic E-state index is 0.241. The average molecular weight is 311 g/mol. The summed E-state index contributed by atoms with van der Waals surface area (Å²) < 4.78 is 27.3. The van der Waals surface area contributed by atoms with Crippen molar-refractivity contribution in [3.8, 4) is 0 Å². The van der Waals surface area contributed by atoms with Crippen LogP contribution in [0.5, 0.6) is 0 Å². The third-order valence-electron chi connectivity index (χ3n) is 4.33. The Labute approximate surface area is 127 Å². The molecule has 118 valence electrons. The molecule has 0 aromatic heterocycles. The Morgan fingerprint density at radius 1 is 1.24 bits per heavy atom. The minimum Gasteiger partial charge on any atom is -0.398 e. The topological polar surface area (TPSA) is 66.6 Å². The average Bonchev–Trinajstić information content (AvgIpc) is 2.42. The van der Waals surface area contributed by atoms with E-state index in [0.29, 0.717) is 18.8 Å². The molecule has 0 saturated carbocycles. The van der Waals surface area contributed by atoms with Gasteiger partial charge < -0.3 is 10.6 Å². The molecule has 21 heavy (non-hydrogen) atoms. The third-order valence-corrected chi connectivity index (χ3v) is 6.25. The van der Waals surface area contributed by atoms with Crippen molar-refractivity contribution < 1.29 is 8.42 Å². The fourth-order valence-electron chi connectivity index (χ4n) is 2.74. The largest absolute Gasteiger partial charge is 0.398 e. The Balaban J connectivity index is 2.36. The first-order chi connectivity index (χ1) is 9.73. The summed E-state index contributed by atoms with van der Waals surface area (Å²) in [5, 5.41) is 0. The van der Waals surface area contributed by atoms with Gasteiger partial charge in [-0.15, -0.1) is 0 Å². The first kappa shape index (κ1) is 16.3. The zero-order chi connectivity index (χ0) is 15.8. The van der Waals surface area contributed by atoms with Gasteiger partial charge in [0.2, 0.25) is 10.0 Å². The molecule has 0 spiro atoms. The van der Waals surface area contributed by atoms with Crippen molar-refractivity contribution >= 4 is 15.7 Å². The minimum atomic E-state index is -3.52. The normalized spacial score (nSPS) is 20.9. The van der Waals surface area contributed by atoms with E-state index in [1.54, 1.807) is 16.4 Å². The molecule has 0 radical (unpaired) electrons. The summed E-state index contributed by atoms with van der Waals surface area (Å²) in [5.74, 6) is 0. The van der Waals surface area contributed by atoms with Crippen LogP contribution in [0.3, 0.4) is 0 Å². The van der Waals surface area contributed by atoms with Crippen LogP contribution in [0.15, 0.2) is 17.0 Å². The maximum Gasteiger partial charge on any atom is 0.245 e. The summed E-state index contributed by atoms with van der Waals surface area (Å²) in [6.45, 7) is 4.94. The number of anilines is 1. The van der Waals surface area contributed by atoms with Crippen LogP contribution in [0.25, 0.3) is 0 Å². The van der Waals surface area contributed by atoms with E-state index in [1.807, 2.05) is 27.9 Å². The molecule has 0 aliphatic carbocycles. The fourth-order valence-corrected chi connectivity index (χ4v) is 4.43. The fraction of sp³-hybridized carbons (Fsp3) is 0.600. The maximum atomic E-state index is 12.9. The Morgan fingerprint density at radius 2 is 1.86 bits per heavy atom. The monoisotopic (exact) mass is 311 g/mol. The van der Waals surface area contributed by atoms with Crippen molar-refractivity contribution in [2.45, 2.75) is 37.6 Å². The third kappa shape index (κ3) is 3.22. The second kappa shape index (κ2) is 5.94. The zero-order valence-electron chi connectivity index (χ0n) is 13.3. The highest BCUT2D eigenvalue weighted by atomic mass is 32.2. The van der Waals surface area contributed by atoms with Crippen LogP contribution in [0.4, 0.5) is 5.69 Å². The maximum absolute atomic E-state index is 12.9. The summed E-state index contributed by atoms with van der Waals surface area (Å²) in [4.78, 5) is 2.33. The van der Waals surface area contributed by atoms with E-state index in [9.17, 15) is 8.42 Å². The van der Waals surface area contributed by atoms with E-state index in [1.165, 1.54) is 0 Å². The van der Waals surface area contributed by atoms with Crippen LogP contribution in [0.2, 0.25) is 0 Å². The van der Waals surface area contributed by atoms with Crippen molar-refractivity contribution in [1.29, 1.82) is 0 Å². The number of sulfonamides is 1. The summed E-state index contributed by atoms with van der Waals surface area (Å²) in [7, 11) is 0.466. The number of aryl methyl sites for hydroxylation is 2. The van der Waals surface area contributed by atoms with Gasteiger partial charge in [-0.3, -0.25) is 0 Å². The molecule has 1 aliphatic heterocycles. The number of benzene rings is 1. The Bertz CT molecular complexity index is 626. The summed E-state index contributed by atoms with van der Waals surface area (Å²) in [6.07, 6.45) is 1.91. The van der Waals surface area contributed by atoms with E-state index in [4.69, 9.17) is 5.73 Å². The van der Waals surface area contributed by atoms with Crippen LogP contribution in [0.1, 0.15) is 24.0 Å². The Hall–Kier alpha value is -1.11. The van der Waals surface area contributed by atoms with Gasteiger partial charge in [0, 0.05) is 19.1 Å². The lowest BCUT2D eigenvalue weighted by atomic mass is 10.1. The molecule has 1 unspecified atom stereocenters. The Kier molecular flexibility index (Phi) is 4.60. The van der Waals surface area contributed by atoms with Gasteiger partial charge in [0.25, 0.3) is 0 Å². The molecule has 1 aromatic carbocycles. The number of nitrogens with zero attached hydrogens (tertiary/aromatic N) is 2. The SMILES string of the molecule is Cc1cc(N)c(S(=O)(=O)N2CCCC(N(C)C)C2)cc1C. The molecular formula is C15H25N3O2S. The number of rotatable bonds is 3. The van der Waals surface area contributed by atoms with Crippen LogP contribution < -0.4 is 5.73 Å². The van der Waals surface area contributed by atoms with Crippen LogP contribution in [-0.2, 0) is 10.0 Å². The van der Waals surface area contributed by atoms with Crippen molar-refractivity contribution in [2.24, 2.45) is 0 Å². The number of likely N-dealkylation sites (N-methyl/N-ethyl adjacent to an activating group) is 1. The van der Waals surface area contributed by atoms with Crippen LogP contribution in [0, 0.1) is 13.8 Å². The standard InChI is InChI=1S/C15H25N3O2S/c1-11-8-14(16)15(9-12(11)2)21(19,20)18-7-5-6-13(10-18)17(3)4/h8-9,13H,5-7,10,16H2,1-4H3. The first-order valence-electron chi connectivity index (χ1n) is 7.26. The molecule has 2 rings (SSSR count). The molecule has 1 aliphatic rings. The van der Waals surface area contributed by atoms with Gasteiger partial charge in [-0.1, -0.05) is 0 Å². The second-order valence-corrected chi connectivity index (χ2v) is 8.00. The van der Waals surface area contributed by atoms with Gasteiger partial charge in [0.15, 0.2) is 0 Å². The lowest BCUT2D eigenvalue weighted by molar-refractivity contribution is 0.190. The van der Waals surface area contributed by atoms with E-state index in [-0.39, 0.29) is 10.9 Å². The quantitative estimate of drug-likeness (QED) is 0.861. The van der Waals surface area contributed by atoms with Crippen molar-refractivity contribution in [1.82, 2.24) is 9.21 Å². The zero-order valence-corrected chi connectivity index (χ0v) is 14.1. The molecule has 6 heteroatoms. The summed E-state index contributed by atoms with van der Waals surface area (Å²) in [6, 6.07) is 3.70. The van der Waals surface area contributed by atoms with Gasteiger partial charge >= 0.3 is 0 Å². The van der Waals surface area contributed by atoms with Gasteiger partial charge in [0.05, 0.1) is 5.69 Å². The van der Waals surface area contributed by atoms with Crippen molar-refractivity contribution in [2.75, 3.05) is 32.9 Å². The summed E-state index contributed by atoms with van der Waals surface area (Å²) >= 11 is 0. The molecule has 1 aromatic rings. The molecule has 2 N–H and O–H groups in total. The van der Waals surface area contributed by atoms with Gasteiger partial charge in [0.1, 0.15) is 4.90 Å². The molecule has 0 amide bonds. The highest BCUT2D eigenvalue weighted by Crippen LogP contribution is 2.28. The van der Waals surface area contributed by atoms with Crippen LogP contribution >= 0.6 is 0 Å². The Morgan fingerprint density at radius 3 is 2.48 bits per heavy atom. The lowest BCUT2D eigenvalue weighted by Crippen LogP contribution is -2.47. The van der Waals surface area contributed by atoms with E-state index >= 15 is 0 Å². The van der Waals surface area contributed by atoms with Gasteiger partial charge in [-0.05, 0) is 64.0 Å². The summed E-state index contributed by atoms with van der Waals surface area (Å²) in [5.41, 5.74) is 8.26. The molecule has 1 saturated heterocycles. The van der Waals surface area contributed by atoms with Gasteiger partial charge in [-0.2, -0.15) is 4.31 Å². The highest BCUT2D eigenvalue weighted by Gasteiger charge is 2.32. The van der Waals surface area contributed by atoms with Crippen LogP contribution in [-0.4, -0.2) is 50.8 Å². The van der Waals surface area contributed by atoms with Crippen molar-refractivity contribution in [3.05, 3.63) is 23.3 Å². The molecular weight excluding hydrogens is 286 g/mol. The molecule has 1 fully saturated rings. The molecule has 5 nitrogen and oxygen atoms in total. The molecule has 1 heterocycles.